The van der Waals surface area contributed by atoms with Crippen LogP contribution in [0.15, 0.2) is 47.0 Å². The number of fused-ring (bicyclic) bond motifs is 1. The Labute approximate surface area is 147 Å². The van der Waals surface area contributed by atoms with E-state index in [1.165, 1.54) is 5.54 Å². The molecule has 0 unspecified atom stereocenters. The van der Waals surface area contributed by atoms with Crippen molar-refractivity contribution in [3.05, 3.63) is 47.6 Å². The Balaban J connectivity index is 1.87. The lowest BCUT2D eigenvalue weighted by Crippen LogP contribution is -2.48. The first-order chi connectivity index (χ1) is 11.5. The minimum absolute atomic E-state index is 0.286. The van der Waals surface area contributed by atoms with E-state index in [2.05, 4.69) is 9.88 Å². The van der Waals surface area contributed by atoms with E-state index in [0.717, 1.165) is 17.5 Å². The smallest absolute Gasteiger partial charge is 0.245 e. The van der Waals surface area contributed by atoms with Crippen LogP contribution in [0.5, 0.6) is 0 Å². The summed E-state index contributed by atoms with van der Waals surface area (Å²) in [4.78, 5) is 6.82. The summed E-state index contributed by atoms with van der Waals surface area (Å²) in [5, 5.41) is 0.849. The molecule has 5 nitrogen and oxygen atoms in total. The molecule has 1 saturated heterocycles. The van der Waals surface area contributed by atoms with Gasteiger partial charge in [0, 0.05) is 49.8 Å². The molecule has 7 heteroatoms. The van der Waals surface area contributed by atoms with E-state index in [1.807, 2.05) is 25.1 Å². The highest BCUT2D eigenvalue weighted by Crippen LogP contribution is 2.25. The number of benzene rings is 1. The Bertz CT molecular complexity index is 859. The second kappa shape index (κ2) is 7.19. The van der Waals surface area contributed by atoms with Gasteiger partial charge in [0.15, 0.2) is 0 Å². The van der Waals surface area contributed by atoms with Gasteiger partial charge in [-0.25, -0.2) is 8.42 Å². The maximum atomic E-state index is 13.0. The van der Waals surface area contributed by atoms with Crippen molar-refractivity contribution in [3.8, 4) is 0 Å². The van der Waals surface area contributed by atoms with Crippen LogP contribution < -0.4 is 0 Å². The minimum atomic E-state index is -3.55. The van der Waals surface area contributed by atoms with Crippen LogP contribution in [0.3, 0.4) is 0 Å². The van der Waals surface area contributed by atoms with Gasteiger partial charge in [-0.2, -0.15) is 4.31 Å². The van der Waals surface area contributed by atoms with E-state index in [9.17, 15) is 8.42 Å². The molecule has 0 radical (unpaired) electrons. The molecule has 0 N–H and O–H groups in total. The van der Waals surface area contributed by atoms with Crippen LogP contribution in [0.25, 0.3) is 10.9 Å². The molecular weight excluding hydrogens is 346 g/mol. The van der Waals surface area contributed by atoms with E-state index in [-0.39, 0.29) is 4.90 Å². The van der Waals surface area contributed by atoms with Crippen LogP contribution in [0.1, 0.15) is 5.56 Å². The summed E-state index contributed by atoms with van der Waals surface area (Å²) in [5.74, 6) is 0. The van der Waals surface area contributed by atoms with Crippen LogP contribution >= 0.6 is 11.6 Å². The largest absolute Gasteiger partial charge is 0.297 e. The Morgan fingerprint density at radius 1 is 1.25 bits per heavy atom. The Morgan fingerprint density at radius 2 is 2.00 bits per heavy atom. The summed E-state index contributed by atoms with van der Waals surface area (Å²) < 4.78 is 27.6. The van der Waals surface area contributed by atoms with E-state index < -0.39 is 10.0 Å². The number of hydrogen-bond acceptors (Lipinski definition) is 4. The monoisotopic (exact) mass is 365 g/mol. The molecular formula is C17H20ClN3O2S. The number of hydrogen-bond donors (Lipinski definition) is 0. The quantitative estimate of drug-likeness (QED) is 0.835. The predicted molar refractivity (Wildman–Crippen MR) is 96.7 cm³/mol. The molecule has 1 aliphatic rings. The second-order valence-corrected chi connectivity index (χ2v) is 8.07. The Kier molecular flexibility index (Phi) is 5.20. The molecule has 1 aliphatic heterocycles. The lowest BCUT2D eigenvalue weighted by molar-refractivity contribution is 0.204. The molecule has 1 aromatic heterocycles. The summed E-state index contributed by atoms with van der Waals surface area (Å²) in [6, 6.07) is 7.27. The number of aromatic nitrogens is 1. The SMILES string of the molecule is Cc1cnc2c(S(=O)(=O)N3CCN(C/C=C/Cl)CC3)cccc2c1. The summed E-state index contributed by atoms with van der Waals surface area (Å²) >= 11 is 5.55. The molecule has 0 amide bonds. The highest BCUT2D eigenvalue weighted by Gasteiger charge is 2.29. The third-order valence-corrected chi connectivity index (χ3v) is 6.32. The summed E-state index contributed by atoms with van der Waals surface area (Å²) in [5.41, 5.74) is 3.04. The molecule has 0 atom stereocenters. The van der Waals surface area contributed by atoms with Crippen molar-refractivity contribution >= 4 is 32.5 Å². The molecule has 3 rings (SSSR count). The number of aryl methyl sites for hydroxylation is 1. The lowest BCUT2D eigenvalue weighted by atomic mass is 10.2. The fourth-order valence-corrected chi connectivity index (χ4v) is 4.60. The van der Waals surface area contributed by atoms with Crippen LogP contribution in [-0.4, -0.2) is 55.3 Å². The highest BCUT2D eigenvalue weighted by molar-refractivity contribution is 7.89. The van der Waals surface area contributed by atoms with Crippen LogP contribution in [0.2, 0.25) is 0 Å². The fourth-order valence-electron chi connectivity index (χ4n) is 2.93. The third kappa shape index (κ3) is 3.47. The highest BCUT2D eigenvalue weighted by atomic mass is 35.5. The van der Waals surface area contributed by atoms with Gasteiger partial charge in [0.2, 0.25) is 10.0 Å². The molecule has 0 saturated carbocycles. The number of rotatable bonds is 4. The van der Waals surface area contributed by atoms with Gasteiger partial charge in [-0.05, 0) is 24.6 Å². The van der Waals surface area contributed by atoms with Crippen molar-refractivity contribution in [2.45, 2.75) is 11.8 Å². The predicted octanol–water partition coefficient (Wildman–Crippen LogP) is 2.60. The minimum Gasteiger partial charge on any atom is -0.297 e. The first kappa shape index (κ1) is 17.4. The number of sulfonamides is 1. The summed E-state index contributed by atoms with van der Waals surface area (Å²) in [6.45, 7) is 5.02. The molecule has 0 aliphatic carbocycles. The first-order valence-corrected chi connectivity index (χ1v) is 9.73. The standard InChI is InChI=1S/C17H20ClN3O2S/c1-14-12-15-4-2-5-16(17(15)19-13-14)24(22,23)21-10-8-20(9-11-21)7-3-6-18/h2-6,12-13H,7-11H2,1H3/b6-3+. The molecule has 128 valence electrons. The second-order valence-electron chi connectivity index (χ2n) is 5.91. The van der Waals surface area contributed by atoms with Crippen molar-refractivity contribution < 1.29 is 8.42 Å². The molecule has 2 aromatic rings. The lowest BCUT2D eigenvalue weighted by Gasteiger charge is -2.33. The Hall–Kier alpha value is -1.47. The van der Waals surface area contributed by atoms with Gasteiger partial charge in [0.25, 0.3) is 0 Å². The van der Waals surface area contributed by atoms with E-state index >= 15 is 0 Å². The van der Waals surface area contributed by atoms with Crippen molar-refractivity contribution in [2.24, 2.45) is 0 Å². The summed E-state index contributed by atoms with van der Waals surface area (Å²) in [6.07, 6.45) is 3.57. The topological polar surface area (TPSA) is 53.5 Å². The van der Waals surface area contributed by atoms with Gasteiger partial charge in [-0.1, -0.05) is 29.8 Å². The molecule has 2 heterocycles. The van der Waals surface area contributed by atoms with E-state index in [0.29, 0.717) is 31.7 Å². The zero-order valence-electron chi connectivity index (χ0n) is 13.5. The van der Waals surface area contributed by atoms with Gasteiger partial charge in [0.1, 0.15) is 4.90 Å². The van der Waals surface area contributed by atoms with Crippen molar-refractivity contribution in [1.29, 1.82) is 0 Å². The third-order valence-electron chi connectivity index (χ3n) is 4.21. The fraction of sp³-hybridized carbons (Fsp3) is 0.353. The van der Waals surface area contributed by atoms with Crippen molar-refractivity contribution in [2.75, 3.05) is 32.7 Å². The number of piperazine rings is 1. The number of pyridine rings is 1. The maximum absolute atomic E-state index is 13.0. The zero-order chi connectivity index (χ0) is 17.2. The molecule has 1 fully saturated rings. The zero-order valence-corrected chi connectivity index (χ0v) is 15.1. The first-order valence-electron chi connectivity index (χ1n) is 7.85. The number of nitrogens with zero attached hydrogens (tertiary/aromatic N) is 3. The van der Waals surface area contributed by atoms with Crippen LogP contribution in [0.4, 0.5) is 0 Å². The van der Waals surface area contributed by atoms with E-state index in [1.54, 1.807) is 22.6 Å². The van der Waals surface area contributed by atoms with Crippen molar-refractivity contribution in [1.82, 2.24) is 14.2 Å². The summed E-state index contributed by atoms with van der Waals surface area (Å²) in [7, 11) is -3.55. The van der Waals surface area contributed by atoms with Gasteiger partial charge in [-0.3, -0.25) is 9.88 Å². The van der Waals surface area contributed by atoms with Gasteiger partial charge in [0.05, 0.1) is 5.52 Å². The van der Waals surface area contributed by atoms with Gasteiger partial charge in [-0.15, -0.1) is 0 Å². The number of halogens is 1. The Morgan fingerprint density at radius 3 is 2.71 bits per heavy atom. The van der Waals surface area contributed by atoms with Gasteiger partial charge < -0.3 is 0 Å². The van der Waals surface area contributed by atoms with Crippen LogP contribution in [0, 0.1) is 6.92 Å². The molecule has 0 spiro atoms. The molecule has 24 heavy (non-hydrogen) atoms. The molecule has 0 bridgehead atoms. The average Bonchev–Trinajstić information content (AvgIpc) is 2.59. The normalized spacial score (nSPS) is 17.8. The average molecular weight is 366 g/mol. The maximum Gasteiger partial charge on any atom is 0.245 e. The van der Waals surface area contributed by atoms with Crippen molar-refractivity contribution in [3.63, 3.8) is 0 Å². The van der Waals surface area contributed by atoms with E-state index in [4.69, 9.17) is 11.6 Å². The van der Waals surface area contributed by atoms with Gasteiger partial charge >= 0.3 is 0 Å². The molecule has 1 aromatic carbocycles. The number of para-hydroxylation sites is 1. The van der Waals surface area contributed by atoms with Crippen LogP contribution in [-0.2, 0) is 10.0 Å².